The fraction of sp³-hybridized carbons (Fsp3) is 0.150. The van der Waals surface area contributed by atoms with Crippen LogP contribution in [0.2, 0.25) is 0 Å². The summed E-state index contributed by atoms with van der Waals surface area (Å²) in [5.74, 6) is -0.208. The maximum Gasteiger partial charge on any atom is 0.236 e. The smallest absolute Gasteiger partial charge is 0.236 e. The van der Waals surface area contributed by atoms with Gasteiger partial charge in [0.15, 0.2) is 0 Å². The molecule has 0 aliphatic heterocycles. The van der Waals surface area contributed by atoms with Crippen LogP contribution in [0, 0.1) is 0 Å². The average Bonchev–Trinajstić information content (AvgIpc) is 3.06. The Morgan fingerprint density at radius 3 is 2.52 bits per heavy atom. The highest BCUT2D eigenvalue weighted by atomic mass is 16.2. The van der Waals surface area contributed by atoms with Gasteiger partial charge in [-0.2, -0.15) is 10.2 Å². The zero-order valence-corrected chi connectivity index (χ0v) is 14.3. The van der Waals surface area contributed by atoms with Crippen molar-refractivity contribution in [2.45, 2.75) is 20.3 Å². The lowest BCUT2D eigenvalue weighted by molar-refractivity contribution is -0.118. The van der Waals surface area contributed by atoms with Crippen LogP contribution in [0.25, 0.3) is 16.9 Å². The molecule has 1 amide bonds. The number of carbonyl (C=O) groups is 1. The summed E-state index contributed by atoms with van der Waals surface area (Å²) >= 11 is 0. The topological polar surface area (TPSA) is 59.3 Å². The van der Waals surface area contributed by atoms with Crippen molar-refractivity contribution in [1.82, 2.24) is 15.2 Å². The number of carbonyl (C=O) groups excluding carboxylic acids is 1. The van der Waals surface area contributed by atoms with Crippen molar-refractivity contribution in [3.63, 3.8) is 0 Å². The molecule has 25 heavy (non-hydrogen) atoms. The lowest BCUT2D eigenvalue weighted by Crippen LogP contribution is -2.12. The Labute approximate surface area is 147 Å². The third kappa shape index (κ3) is 4.01. The van der Waals surface area contributed by atoms with Gasteiger partial charge in [0.1, 0.15) is 5.69 Å². The second-order valence-corrected chi connectivity index (χ2v) is 5.69. The molecule has 0 spiro atoms. The second kappa shape index (κ2) is 7.57. The van der Waals surface area contributed by atoms with Gasteiger partial charge in [0.2, 0.25) is 5.91 Å². The highest BCUT2D eigenvalue weighted by Gasteiger charge is 2.11. The number of aryl methyl sites for hydroxylation is 1. The summed E-state index contributed by atoms with van der Waals surface area (Å²) in [7, 11) is 0. The molecule has 0 bridgehead atoms. The fourth-order valence-electron chi connectivity index (χ4n) is 2.51. The Bertz CT molecular complexity index is 880. The molecule has 5 nitrogen and oxygen atoms in total. The summed E-state index contributed by atoms with van der Waals surface area (Å²) in [6.45, 7) is 3.56. The van der Waals surface area contributed by atoms with E-state index in [9.17, 15) is 4.79 Å². The summed E-state index contributed by atoms with van der Waals surface area (Å²) in [5.41, 5.74) is 7.34. The molecule has 1 N–H and O–H groups in total. The highest BCUT2D eigenvalue weighted by Crippen LogP contribution is 2.23. The van der Waals surface area contributed by atoms with Crippen molar-refractivity contribution in [3.8, 4) is 16.9 Å². The SMILES string of the molecule is CCc1ccc(-c2nn(-c3ccccc3)cc2/C=N\NC(C)=O)cc1. The lowest BCUT2D eigenvalue weighted by atomic mass is 10.1. The van der Waals surface area contributed by atoms with Gasteiger partial charge in [-0.05, 0) is 24.1 Å². The third-order valence-corrected chi connectivity index (χ3v) is 3.82. The zero-order valence-electron chi connectivity index (χ0n) is 14.3. The maximum atomic E-state index is 11.0. The van der Waals surface area contributed by atoms with E-state index in [0.717, 1.165) is 28.9 Å². The van der Waals surface area contributed by atoms with E-state index in [0.29, 0.717) is 0 Å². The normalized spacial score (nSPS) is 11.0. The molecule has 3 rings (SSSR count). The number of hydrogen-bond acceptors (Lipinski definition) is 3. The van der Waals surface area contributed by atoms with Gasteiger partial charge < -0.3 is 0 Å². The lowest BCUT2D eigenvalue weighted by Gasteiger charge is -2.02. The first-order chi connectivity index (χ1) is 12.2. The molecule has 0 saturated carbocycles. The Morgan fingerprint density at radius 2 is 1.88 bits per heavy atom. The van der Waals surface area contributed by atoms with Gasteiger partial charge in [-0.25, -0.2) is 10.1 Å². The number of rotatable bonds is 5. The minimum absolute atomic E-state index is 0.208. The zero-order chi connectivity index (χ0) is 17.6. The minimum Gasteiger partial charge on any atom is -0.274 e. The molecule has 0 aliphatic rings. The van der Waals surface area contributed by atoms with Crippen molar-refractivity contribution in [2.75, 3.05) is 0 Å². The Kier molecular flexibility index (Phi) is 5.04. The number of amides is 1. The van der Waals surface area contributed by atoms with Gasteiger partial charge in [0.25, 0.3) is 0 Å². The van der Waals surface area contributed by atoms with Gasteiger partial charge in [-0.1, -0.05) is 49.4 Å². The molecule has 0 aliphatic carbocycles. The molecule has 0 unspecified atom stereocenters. The maximum absolute atomic E-state index is 11.0. The number of para-hydroxylation sites is 1. The van der Waals surface area contributed by atoms with E-state index < -0.39 is 0 Å². The highest BCUT2D eigenvalue weighted by molar-refractivity contribution is 5.89. The molecule has 5 heteroatoms. The first-order valence-corrected chi connectivity index (χ1v) is 8.21. The predicted molar refractivity (Wildman–Crippen MR) is 99.8 cm³/mol. The molecule has 0 radical (unpaired) electrons. The predicted octanol–water partition coefficient (Wildman–Crippen LogP) is 3.57. The molecule has 0 atom stereocenters. The van der Waals surface area contributed by atoms with Gasteiger partial charge in [-0.3, -0.25) is 4.79 Å². The van der Waals surface area contributed by atoms with Crippen molar-refractivity contribution in [3.05, 3.63) is 71.9 Å². The van der Waals surface area contributed by atoms with Crippen LogP contribution in [0.4, 0.5) is 0 Å². The van der Waals surface area contributed by atoms with Gasteiger partial charge >= 0.3 is 0 Å². The number of nitrogens with zero attached hydrogens (tertiary/aromatic N) is 3. The molecule has 0 saturated heterocycles. The van der Waals surface area contributed by atoms with Gasteiger partial charge in [-0.15, -0.1) is 0 Å². The average molecular weight is 332 g/mol. The molecule has 1 aromatic heterocycles. The van der Waals surface area contributed by atoms with E-state index in [-0.39, 0.29) is 5.91 Å². The first kappa shape index (κ1) is 16.6. The number of hydrazone groups is 1. The standard InChI is InChI=1S/C20H20N4O/c1-3-16-9-11-17(12-10-16)20-18(13-21-22-15(2)25)14-24(23-20)19-7-5-4-6-8-19/h4-14H,3H2,1-2H3,(H,22,25)/b21-13-. The van der Waals surface area contributed by atoms with E-state index in [4.69, 9.17) is 5.10 Å². The molecule has 1 heterocycles. The largest absolute Gasteiger partial charge is 0.274 e. The van der Waals surface area contributed by atoms with E-state index >= 15 is 0 Å². The second-order valence-electron chi connectivity index (χ2n) is 5.69. The van der Waals surface area contributed by atoms with Crippen molar-refractivity contribution < 1.29 is 4.79 Å². The first-order valence-electron chi connectivity index (χ1n) is 8.21. The Morgan fingerprint density at radius 1 is 1.16 bits per heavy atom. The van der Waals surface area contributed by atoms with Crippen LogP contribution in [0.3, 0.4) is 0 Å². The Hall–Kier alpha value is -3.21. The van der Waals surface area contributed by atoms with E-state index in [1.165, 1.54) is 12.5 Å². The molecule has 126 valence electrons. The summed E-state index contributed by atoms with van der Waals surface area (Å²) in [6, 6.07) is 18.2. The van der Waals surface area contributed by atoms with Gasteiger partial charge in [0.05, 0.1) is 11.9 Å². The number of aromatic nitrogens is 2. The molecular formula is C20H20N4O. The van der Waals surface area contributed by atoms with Crippen LogP contribution in [0.1, 0.15) is 25.0 Å². The summed E-state index contributed by atoms with van der Waals surface area (Å²) in [4.78, 5) is 11.0. The van der Waals surface area contributed by atoms with Crippen LogP contribution in [0.5, 0.6) is 0 Å². The molecule has 2 aromatic carbocycles. The monoisotopic (exact) mass is 332 g/mol. The quantitative estimate of drug-likeness (QED) is 0.573. The van der Waals surface area contributed by atoms with Crippen LogP contribution >= 0.6 is 0 Å². The van der Waals surface area contributed by atoms with Crippen LogP contribution in [0.15, 0.2) is 65.9 Å². The molecular weight excluding hydrogens is 312 g/mol. The number of benzene rings is 2. The van der Waals surface area contributed by atoms with E-state index in [1.54, 1.807) is 6.21 Å². The van der Waals surface area contributed by atoms with E-state index in [2.05, 4.69) is 41.7 Å². The van der Waals surface area contributed by atoms with Crippen molar-refractivity contribution in [1.29, 1.82) is 0 Å². The van der Waals surface area contributed by atoms with Crippen LogP contribution < -0.4 is 5.43 Å². The van der Waals surface area contributed by atoms with E-state index in [1.807, 2.05) is 41.2 Å². The van der Waals surface area contributed by atoms with Crippen LogP contribution in [-0.4, -0.2) is 21.9 Å². The molecule has 3 aromatic rings. The number of hydrogen-bond donors (Lipinski definition) is 1. The van der Waals surface area contributed by atoms with Gasteiger partial charge in [0, 0.05) is 24.2 Å². The summed E-state index contributed by atoms with van der Waals surface area (Å²) in [6.07, 6.45) is 4.52. The number of nitrogens with one attached hydrogen (secondary N) is 1. The summed E-state index contributed by atoms with van der Waals surface area (Å²) < 4.78 is 1.82. The molecule has 0 fully saturated rings. The third-order valence-electron chi connectivity index (χ3n) is 3.82. The minimum atomic E-state index is -0.208. The van der Waals surface area contributed by atoms with Crippen molar-refractivity contribution in [2.24, 2.45) is 5.10 Å². The van der Waals surface area contributed by atoms with Crippen molar-refractivity contribution >= 4 is 12.1 Å². The Balaban J connectivity index is 2.02. The summed E-state index contributed by atoms with van der Waals surface area (Å²) in [5, 5.41) is 8.71. The fourth-order valence-corrected chi connectivity index (χ4v) is 2.51. The van der Waals surface area contributed by atoms with Crippen LogP contribution in [-0.2, 0) is 11.2 Å².